The van der Waals surface area contributed by atoms with E-state index in [2.05, 4.69) is 25.0 Å². The van der Waals surface area contributed by atoms with E-state index in [9.17, 15) is 4.79 Å². The molecule has 0 bridgehead atoms. The van der Waals surface area contributed by atoms with Crippen LogP contribution in [0, 0.1) is 13.8 Å². The number of rotatable bonds is 7. The molecular formula is C29H31N3O3. The van der Waals surface area contributed by atoms with Gasteiger partial charge in [-0.05, 0) is 91.4 Å². The molecular weight excluding hydrogens is 438 g/mol. The molecule has 1 heterocycles. The van der Waals surface area contributed by atoms with E-state index in [0.29, 0.717) is 23.3 Å². The largest absolute Gasteiger partial charge is 0.496 e. The number of hydrogen-bond donors (Lipinski definition) is 0. The van der Waals surface area contributed by atoms with Crippen LogP contribution in [0.5, 0.6) is 11.5 Å². The van der Waals surface area contributed by atoms with Crippen LogP contribution in [0.4, 0.5) is 0 Å². The fourth-order valence-electron chi connectivity index (χ4n) is 4.18. The van der Waals surface area contributed by atoms with Crippen LogP contribution in [0.2, 0.25) is 0 Å². The van der Waals surface area contributed by atoms with Crippen LogP contribution >= 0.6 is 0 Å². The predicted octanol–water partition coefficient (Wildman–Crippen LogP) is 6.09. The van der Waals surface area contributed by atoms with Crippen molar-refractivity contribution in [3.05, 3.63) is 87.2 Å². The normalized spacial score (nSPS) is 11.5. The molecule has 0 amide bonds. The van der Waals surface area contributed by atoms with E-state index in [1.165, 1.54) is 4.68 Å². The third-order valence-electron chi connectivity index (χ3n) is 6.01. The van der Waals surface area contributed by atoms with E-state index in [-0.39, 0.29) is 11.5 Å². The number of methoxy groups -OCH3 is 1. The minimum absolute atomic E-state index is 0.216. The number of aryl methyl sites for hydroxylation is 2. The standard InChI is InChI=1S/C29H31N3O3/c1-7-35-27-15-19(4)24(16-23(27)18(2)3)28-31-25-11-9-8-10-22(25)29(33)32(28)30-17-21-12-13-26(34-6)20(5)14-21/h8-18H,7H2,1-6H3. The van der Waals surface area contributed by atoms with Gasteiger partial charge in [-0.15, -0.1) is 0 Å². The van der Waals surface area contributed by atoms with Crippen LogP contribution < -0.4 is 15.0 Å². The molecule has 0 aliphatic rings. The van der Waals surface area contributed by atoms with Crippen molar-refractivity contribution >= 4 is 17.1 Å². The summed E-state index contributed by atoms with van der Waals surface area (Å²) in [6.45, 7) is 10.8. The quantitative estimate of drug-likeness (QED) is 0.307. The molecule has 0 unspecified atom stereocenters. The molecule has 4 rings (SSSR count). The van der Waals surface area contributed by atoms with E-state index >= 15 is 0 Å². The Morgan fingerprint density at radius 2 is 1.80 bits per heavy atom. The highest BCUT2D eigenvalue weighted by Gasteiger charge is 2.18. The summed E-state index contributed by atoms with van der Waals surface area (Å²) < 4.78 is 12.7. The van der Waals surface area contributed by atoms with Gasteiger partial charge in [0.15, 0.2) is 5.82 Å². The van der Waals surface area contributed by atoms with Crippen molar-refractivity contribution in [2.24, 2.45) is 5.10 Å². The molecule has 0 saturated heterocycles. The second-order valence-corrected chi connectivity index (χ2v) is 8.84. The minimum Gasteiger partial charge on any atom is -0.496 e. The molecule has 35 heavy (non-hydrogen) atoms. The summed E-state index contributed by atoms with van der Waals surface area (Å²) in [6.07, 6.45) is 1.68. The van der Waals surface area contributed by atoms with Gasteiger partial charge >= 0.3 is 0 Å². The second-order valence-electron chi connectivity index (χ2n) is 8.84. The number of nitrogens with zero attached hydrogens (tertiary/aromatic N) is 3. The lowest BCUT2D eigenvalue weighted by Crippen LogP contribution is -2.21. The van der Waals surface area contributed by atoms with Crippen molar-refractivity contribution in [1.82, 2.24) is 9.66 Å². The van der Waals surface area contributed by atoms with Crippen LogP contribution in [0.25, 0.3) is 22.3 Å². The first kappa shape index (κ1) is 24.2. The summed E-state index contributed by atoms with van der Waals surface area (Å²) in [5, 5.41) is 5.14. The first-order valence-electron chi connectivity index (χ1n) is 11.8. The lowest BCUT2D eigenvalue weighted by atomic mass is 9.96. The van der Waals surface area contributed by atoms with Gasteiger partial charge in [0, 0.05) is 5.56 Å². The highest BCUT2D eigenvalue weighted by molar-refractivity contribution is 5.83. The number of ether oxygens (including phenoxy) is 2. The third kappa shape index (κ3) is 4.83. The van der Waals surface area contributed by atoms with Crippen LogP contribution in [-0.2, 0) is 0 Å². The van der Waals surface area contributed by atoms with Crippen molar-refractivity contribution in [2.45, 2.75) is 40.5 Å². The van der Waals surface area contributed by atoms with Crippen molar-refractivity contribution in [1.29, 1.82) is 0 Å². The van der Waals surface area contributed by atoms with Gasteiger partial charge in [0.25, 0.3) is 5.56 Å². The maximum Gasteiger partial charge on any atom is 0.282 e. The van der Waals surface area contributed by atoms with Crippen LogP contribution in [0.3, 0.4) is 0 Å². The molecule has 0 saturated carbocycles. The van der Waals surface area contributed by atoms with Gasteiger partial charge < -0.3 is 9.47 Å². The summed E-state index contributed by atoms with van der Waals surface area (Å²) >= 11 is 0. The SMILES string of the molecule is CCOc1cc(C)c(-c2nc3ccccc3c(=O)n2N=Cc2ccc(OC)c(C)c2)cc1C(C)C. The molecule has 0 fully saturated rings. The zero-order valence-electron chi connectivity index (χ0n) is 21.1. The smallest absolute Gasteiger partial charge is 0.282 e. The molecule has 0 aliphatic carbocycles. The maximum absolute atomic E-state index is 13.6. The Balaban J connectivity index is 1.95. The number of hydrogen-bond acceptors (Lipinski definition) is 5. The van der Waals surface area contributed by atoms with E-state index in [1.54, 1.807) is 19.4 Å². The van der Waals surface area contributed by atoms with Gasteiger partial charge in [-0.1, -0.05) is 26.0 Å². The Bertz CT molecular complexity index is 1470. The van der Waals surface area contributed by atoms with Crippen molar-refractivity contribution in [2.75, 3.05) is 13.7 Å². The van der Waals surface area contributed by atoms with Crippen molar-refractivity contribution in [3.8, 4) is 22.9 Å². The Labute approximate surface area is 205 Å². The first-order valence-corrected chi connectivity index (χ1v) is 11.8. The third-order valence-corrected chi connectivity index (χ3v) is 6.01. The molecule has 0 aliphatic heterocycles. The Morgan fingerprint density at radius 3 is 2.49 bits per heavy atom. The van der Waals surface area contributed by atoms with Gasteiger partial charge in [-0.3, -0.25) is 4.79 Å². The van der Waals surface area contributed by atoms with Crippen LogP contribution in [0.1, 0.15) is 48.9 Å². The molecule has 0 atom stereocenters. The number of fused-ring (bicyclic) bond motifs is 1. The van der Waals surface area contributed by atoms with Crippen molar-refractivity contribution < 1.29 is 9.47 Å². The monoisotopic (exact) mass is 469 g/mol. The summed E-state index contributed by atoms with van der Waals surface area (Å²) in [6, 6.07) is 17.2. The Hall–Kier alpha value is -3.93. The average Bonchev–Trinajstić information content (AvgIpc) is 2.83. The van der Waals surface area contributed by atoms with Gasteiger partial charge in [-0.25, -0.2) is 4.98 Å². The van der Waals surface area contributed by atoms with Crippen LogP contribution in [0.15, 0.2) is 64.5 Å². The summed E-state index contributed by atoms with van der Waals surface area (Å²) in [7, 11) is 1.65. The van der Waals surface area contributed by atoms with E-state index in [1.807, 2.05) is 63.2 Å². The molecule has 4 aromatic rings. The van der Waals surface area contributed by atoms with E-state index in [0.717, 1.165) is 39.3 Å². The molecule has 6 nitrogen and oxygen atoms in total. The molecule has 180 valence electrons. The highest BCUT2D eigenvalue weighted by Crippen LogP contribution is 2.34. The second kappa shape index (κ2) is 10.1. The number of benzene rings is 3. The van der Waals surface area contributed by atoms with Crippen molar-refractivity contribution in [3.63, 3.8) is 0 Å². The lowest BCUT2D eigenvalue weighted by Gasteiger charge is -2.18. The maximum atomic E-state index is 13.6. The predicted molar refractivity (Wildman–Crippen MR) is 142 cm³/mol. The zero-order valence-corrected chi connectivity index (χ0v) is 21.1. The highest BCUT2D eigenvalue weighted by atomic mass is 16.5. The van der Waals surface area contributed by atoms with E-state index < -0.39 is 0 Å². The van der Waals surface area contributed by atoms with Gasteiger partial charge in [0.05, 0.1) is 30.8 Å². The van der Waals surface area contributed by atoms with Gasteiger partial charge in [0.2, 0.25) is 0 Å². The topological polar surface area (TPSA) is 65.7 Å². The first-order chi connectivity index (χ1) is 16.8. The minimum atomic E-state index is -0.216. The van der Waals surface area contributed by atoms with E-state index in [4.69, 9.17) is 14.5 Å². The summed E-state index contributed by atoms with van der Waals surface area (Å²) in [5.41, 5.74) is 5.15. The molecule has 0 radical (unpaired) electrons. The Kier molecular flexibility index (Phi) is 7.01. The molecule has 0 spiro atoms. The molecule has 0 N–H and O–H groups in total. The fourth-order valence-corrected chi connectivity index (χ4v) is 4.18. The van der Waals surface area contributed by atoms with Gasteiger partial charge in [-0.2, -0.15) is 9.78 Å². The molecule has 3 aromatic carbocycles. The summed E-state index contributed by atoms with van der Waals surface area (Å²) in [5.74, 6) is 2.40. The summed E-state index contributed by atoms with van der Waals surface area (Å²) in [4.78, 5) is 18.5. The number of aromatic nitrogens is 2. The Morgan fingerprint density at radius 1 is 1.03 bits per heavy atom. The zero-order chi connectivity index (χ0) is 25.1. The number of para-hydroxylation sites is 1. The average molecular weight is 470 g/mol. The van der Waals surface area contributed by atoms with Crippen LogP contribution in [-0.4, -0.2) is 29.6 Å². The van der Waals surface area contributed by atoms with Gasteiger partial charge in [0.1, 0.15) is 11.5 Å². The molecule has 1 aromatic heterocycles. The molecule has 6 heteroatoms. The lowest BCUT2D eigenvalue weighted by molar-refractivity contribution is 0.335. The fraction of sp³-hybridized carbons (Fsp3) is 0.276.